The first-order valence-corrected chi connectivity index (χ1v) is 9.74. The Morgan fingerprint density at radius 3 is 2.63 bits per heavy atom. The lowest BCUT2D eigenvalue weighted by molar-refractivity contribution is 0.0809. The van der Waals surface area contributed by atoms with Gasteiger partial charge in [0.05, 0.1) is 12.8 Å². The number of benzene rings is 1. The molecule has 2 aliphatic rings. The maximum absolute atomic E-state index is 5.74. The molecule has 1 aliphatic heterocycles. The van der Waals surface area contributed by atoms with Crippen LogP contribution in [-0.4, -0.2) is 52.2 Å². The molecule has 1 saturated heterocycles. The maximum Gasteiger partial charge on any atom is 0.283 e. The second kappa shape index (κ2) is 7.29. The molecule has 0 saturated carbocycles. The molecule has 0 spiro atoms. The Kier molecular flexibility index (Phi) is 4.51. The molecule has 1 unspecified atom stereocenters. The van der Waals surface area contributed by atoms with Crippen LogP contribution in [0.15, 0.2) is 51.5 Å². The number of hydrogen-bond acceptors (Lipinski definition) is 6. The van der Waals surface area contributed by atoms with Crippen LogP contribution < -0.4 is 0 Å². The molecule has 27 heavy (non-hydrogen) atoms. The highest BCUT2D eigenvalue weighted by Crippen LogP contribution is 2.25. The van der Waals surface area contributed by atoms with E-state index in [1.54, 1.807) is 6.26 Å². The monoisotopic (exact) mass is 364 g/mol. The summed E-state index contributed by atoms with van der Waals surface area (Å²) >= 11 is 0. The number of rotatable bonds is 4. The molecule has 1 fully saturated rings. The van der Waals surface area contributed by atoms with E-state index < -0.39 is 0 Å². The van der Waals surface area contributed by atoms with E-state index in [1.165, 1.54) is 30.4 Å². The Morgan fingerprint density at radius 1 is 0.963 bits per heavy atom. The first-order valence-electron chi connectivity index (χ1n) is 9.74. The Hall–Kier alpha value is -2.44. The van der Waals surface area contributed by atoms with Gasteiger partial charge in [0.15, 0.2) is 5.76 Å². The standard InChI is InChI=1S/C21H24N4O2/c1-2-5-17-14-18(8-7-16(17)4-1)25-11-9-24(10-12-25)15-20-22-23-21(27-20)19-6-3-13-26-19/h1-6,13,18H,7-12,14-15H2. The van der Waals surface area contributed by atoms with Crippen LogP contribution in [0.2, 0.25) is 0 Å². The first-order chi connectivity index (χ1) is 13.3. The van der Waals surface area contributed by atoms with E-state index in [1.807, 2.05) is 12.1 Å². The fourth-order valence-corrected chi connectivity index (χ4v) is 4.29. The van der Waals surface area contributed by atoms with Crippen LogP contribution in [0.25, 0.3) is 11.7 Å². The molecule has 0 radical (unpaired) electrons. The molecule has 0 bridgehead atoms. The zero-order valence-electron chi connectivity index (χ0n) is 15.4. The van der Waals surface area contributed by atoms with Gasteiger partial charge in [0.25, 0.3) is 5.89 Å². The molecule has 0 amide bonds. The van der Waals surface area contributed by atoms with Crippen LogP contribution >= 0.6 is 0 Å². The smallest absolute Gasteiger partial charge is 0.283 e. The van der Waals surface area contributed by atoms with Crippen LogP contribution in [0, 0.1) is 0 Å². The number of nitrogens with zero attached hydrogens (tertiary/aromatic N) is 4. The number of hydrogen-bond donors (Lipinski definition) is 0. The van der Waals surface area contributed by atoms with Gasteiger partial charge in [-0.3, -0.25) is 9.80 Å². The van der Waals surface area contributed by atoms with Crippen molar-refractivity contribution in [3.8, 4) is 11.7 Å². The van der Waals surface area contributed by atoms with E-state index in [0.29, 0.717) is 30.1 Å². The summed E-state index contributed by atoms with van der Waals surface area (Å²) in [5.74, 6) is 1.73. The minimum absolute atomic E-state index is 0.453. The Bertz CT molecular complexity index is 881. The molecule has 140 valence electrons. The molecule has 2 aromatic heterocycles. The molecular weight excluding hydrogens is 340 g/mol. The van der Waals surface area contributed by atoms with E-state index in [-0.39, 0.29) is 0 Å². The number of aromatic nitrogens is 2. The van der Waals surface area contributed by atoms with Crippen molar-refractivity contribution >= 4 is 0 Å². The Balaban J connectivity index is 1.15. The van der Waals surface area contributed by atoms with Crippen molar-refractivity contribution in [2.75, 3.05) is 26.2 Å². The van der Waals surface area contributed by atoms with Crippen LogP contribution in [0.1, 0.15) is 23.4 Å². The molecule has 0 N–H and O–H groups in total. The second-order valence-electron chi connectivity index (χ2n) is 7.46. The average Bonchev–Trinajstić information content (AvgIpc) is 3.40. The van der Waals surface area contributed by atoms with E-state index in [0.717, 1.165) is 26.2 Å². The quantitative estimate of drug-likeness (QED) is 0.709. The fourth-order valence-electron chi connectivity index (χ4n) is 4.29. The lowest BCUT2D eigenvalue weighted by Crippen LogP contribution is -2.51. The number of furan rings is 1. The van der Waals surface area contributed by atoms with Gasteiger partial charge in [0.2, 0.25) is 5.89 Å². The topological polar surface area (TPSA) is 58.5 Å². The minimum atomic E-state index is 0.453. The highest BCUT2D eigenvalue weighted by Gasteiger charge is 2.27. The summed E-state index contributed by atoms with van der Waals surface area (Å²) in [6.07, 6.45) is 5.28. The lowest BCUT2D eigenvalue weighted by atomic mass is 9.87. The third-order valence-corrected chi connectivity index (χ3v) is 5.80. The summed E-state index contributed by atoms with van der Waals surface area (Å²) in [7, 11) is 0. The third-order valence-electron chi connectivity index (χ3n) is 5.80. The van der Waals surface area contributed by atoms with Crippen LogP contribution in [0.4, 0.5) is 0 Å². The van der Waals surface area contributed by atoms with Crippen molar-refractivity contribution < 1.29 is 8.83 Å². The van der Waals surface area contributed by atoms with E-state index in [9.17, 15) is 0 Å². The van der Waals surface area contributed by atoms with Crippen molar-refractivity contribution in [1.82, 2.24) is 20.0 Å². The normalized spacial score (nSPS) is 21.3. The van der Waals surface area contributed by atoms with Gasteiger partial charge >= 0.3 is 0 Å². The van der Waals surface area contributed by atoms with E-state index in [2.05, 4.69) is 44.3 Å². The van der Waals surface area contributed by atoms with Crippen molar-refractivity contribution in [2.45, 2.75) is 31.8 Å². The Labute approximate surface area is 158 Å². The van der Waals surface area contributed by atoms with Gasteiger partial charge in [0, 0.05) is 32.2 Å². The molecule has 1 atom stereocenters. The minimum Gasteiger partial charge on any atom is -0.459 e. The maximum atomic E-state index is 5.74. The second-order valence-corrected chi connectivity index (χ2v) is 7.46. The van der Waals surface area contributed by atoms with Gasteiger partial charge in [0.1, 0.15) is 0 Å². The van der Waals surface area contributed by atoms with Crippen LogP contribution in [-0.2, 0) is 19.4 Å². The molecule has 6 heteroatoms. The summed E-state index contributed by atoms with van der Waals surface area (Å²) in [6, 6.07) is 13.2. The van der Waals surface area contributed by atoms with Crippen LogP contribution in [0.3, 0.4) is 0 Å². The van der Waals surface area contributed by atoms with Crippen molar-refractivity contribution in [2.24, 2.45) is 0 Å². The van der Waals surface area contributed by atoms with Crippen molar-refractivity contribution in [1.29, 1.82) is 0 Å². The summed E-state index contributed by atoms with van der Waals surface area (Å²) in [5.41, 5.74) is 3.07. The molecule has 1 aliphatic carbocycles. The third kappa shape index (κ3) is 3.55. The van der Waals surface area contributed by atoms with Gasteiger partial charge in [-0.15, -0.1) is 10.2 Å². The summed E-state index contributed by atoms with van der Waals surface area (Å²) in [5, 5.41) is 8.25. The number of fused-ring (bicyclic) bond motifs is 1. The zero-order chi connectivity index (χ0) is 18.1. The first kappa shape index (κ1) is 16.7. The van der Waals surface area contributed by atoms with Crippen molar-refractivity contribution in [3.63, 3.8) is 0 Å². The highest BCUT2D eigenvalue weighted by atomic mass is 16.4. The summed E-state index contributed by atoms with van der Waals surface area (Å²) < 4.78 is 11.1. The number of aryl methyl sites for hydroxylation is 1. The lowest BCUT2D eigenvalue weighted by Gasteiger charge is -2.40. The van der Waals surface area contributed by atoms with E-state index in [4.69, 9.17) is 8.83 Å². The fraction of sp³-hybridized carbons (Fsp3) is 0.429. The SMILES string of the molecule is c1coc(-c2nnc(CN3CCN(C4CCc5ccccc5C4)CC3)o2)c1. The zero-order valence-corrected chi connectivity index (χ0v) is 15.4. The van der Waals surface area contributed by atoms with Gasteiger partial charge in [-0.25, -0.2) is 0 Å². The van der Waals surface area contributed by atoms with Gasteiger partial charge < -0.3 is 8.83 Å². The van der Waals surface area contributed by atoms with Crippen LogP contribution in [0.5, 0.6) is 0 Å². The largest absolute Gasteiger partial charge is 0.459 e. The summed E-state index contributed by atoms with van der Waals surface area (Å²) in [6.45, 7) is 4.99. The molecule has 1 aromatic carbocycles. The molecule has 5 rings (SSSR count). The molecule has 3 heterocycles. The number of piperazine rings is 1. The molecule has 3 aromatic rings. The molecule has 6 nitrogen and oxygen atoms in total. The predicted molar refractivity (Wildman–Crippen MR) is 101 cm³/mol. The predicted octanol–water partition coefficient (Wildman–Crippen LogP) is 3.00. The van der Waals surface area contributed by atoms with Gasteiger partial charge in [-0.2, -0.15) is 0 Å². The average molecular weight is 364 g/mol. The van der Waals surface area contributed by atoms with E-state index >= 15 is 0 Å². The Morgan fingerprint density at radius 2 is 1.81 bits per heavy atom. The van der Waals surface area contributed by atoms with Gasteiger partial charge in [-0.05, 0) is 42.5 Å². The highest BCUT2D eigenvalue weighted by molar-refractivity contribution is 5.42. The molecular formula is C21H24N4O2. The van der Waals surface area contributed by atoms with Crippen molar-refractivity contribution in [3.05, 3.63) is 59.7 Å². The van der Waals surface area contributed by atoms with Gasteiger partial charge in [-0.1, -0.05) is 24.3 Å². The summed E-state index contributed by atoms with van der Waals surface area (Å²) in [4.78, 5) is 5.06.